The smallest absolute Gasteiger partial charge is 0.328 e. The highest BCUT2D eigenvalue weighted by molar-refractivity contribution is 6.04. The Hall–Kier alpha value is -4.96. The predicted octanol–water partition coefficient (Wildman–Crippen LogP) is 4.63. The lowest BCUT2D eigenvalue weighted by molar-refractivity contribution is -0.134. The Morgan fingerprint density at radius 3 is 1.98 bits per heavy atom. The minimum absolute atomic E-state index is 0.151. The van der Waals surface area contributed by atoms with Gasteiger partial charge in [0.15, 0.2) is 0 Å². The highest BCUT2D eigenvalue weighted by Crippen LogP contribution is 2.24. The summed E-state index contributed by atoms with van der Waals surface area (Å²) >= 11 is 0. The number of rotatable bonds is 11. The first-order valence-corrected chi connectivity index (χ1v) is 12.3. The SMILES string of the molecule is COc1ccc(C(=O)Nc2ccc(-c3ccc(C=NO)cc3)cc2)cc1CCCN(C)C.O=C(O)/C=C\C(=O)O. The Kier molecular flexibility index (Phi) is 12.6. The molecule has 210 valence electrons. The molecule has 3 aromatic carbocycles. The molecule has 3 aromatic rings. The molecule has 0 saturated carbocycles. The number of ether oxygens (including phenoxy) is 1. The molecule has 0 aliphatic rings. The molecule has 40 heavy (non-hydrogen) atoms. The summed E-state index contributed by atoms with van der Waals surface area (Å²) in [6.45, 7) is 0.976. The molecule has 3 rings (SSSR count). The maximum Gasteiger partial charge on any atom is 0.328 e. The first-order valence-electron chi connectivity index (χ1n) is 12.3. The van der Waals surface area contributed by atoms with E-state index in [-0.39, 0.29) is 5.91 Å². The van der Waals surface area contributed by atoms with Crippen molar-refractivity contribution in [2.24, 2.45) is 5.16 Å². The molecule has 0 aliphatic heterocycles. The number of carbonyl (C=O) groups is 3. The van der Waals surface area contributed by atoms with Gasteiger partial charge in [0.05, 0.1) is 13.3 Å². The quantitative estimate of drug-likeness (QED) is 0.118. The number of carboxylic acid groups (broad SMARTS) is 2. The van der Waals surface area contributed by atoms with E-state index in [1.807, 2.05) is 74.8 Å². The number of carbonyl (C=O) groups excluding carboxylic acids is 1. The lowest BCUT2D eigenvalue weighted by Crippen LogP contribution is -2.14. The topological polar surface area (TPSA) is 149 Å². The van der Waals surface area contributed by atoms with Gasteiger partial charge >= 0.3 is 11.9 Å². The third-order valence-corrected chi connectivity index (χ3v) is 5.56. The van der Waals surface area contributed by atoms with Crippen LogP contribution in [0.2, 0.25) is 0 Å². The first-order chi connectivity index (χ1) is 19.1. The normalized spacial score (nSPS) is 10.8. The second kappa shape index (κ2) is 16.1. The zero-order valence-corrected chi connectivity index (χ0v) is 22.6. The van der Waals surface area contributed by atoms with Gasteiger partial charge in [0.2, 0.25) is 0 Å². The second-order valence-electron chi connectivity index (χ2n) is 8.84. The highest BCUT2D eigenvalue weighted by atomic mass is 16.5. The van der Waals surface area contributed by atoms with Gasteiger partial charge < -0.3 is 30.4 Å². The predicted molar refractivity (Wildman–Crippen MR) is 153 cm³/mol. The molecule has 0 heterocycles. The van der Waals surface area contributed by atoms with Crippen LogP contribution in [0.15, 0.2) is 84.0 Å². The number of methoxy groups -OCH3 is 1. The van der Waals surface area contributed by atoms with E-state index in [0.29, 0.717) is 17.7 Å². The second-order valence-corrected chi connectivity index (χ2v) is 8.84. The van der Waals surface area contributed by atoms with E-state index in [9.17, 15) is 14.4 Å². The monoisotopic (exact) mass is 547 g/mol. The van der Waals surface area contributed by atoms with Crippen LogP contribution in [0.1, 0.15) is 27.9 Å². The van der Waals surface area contributed by atoms with Gasteiger partial charge in [0.25, 0.3) is 5.91 Å². The van der Waals surface area contributed by atoms with Gasteiger partial charge in [-0.15, -0.1) is 0 Å². The third kappa shape index (κ3) is 10.8. The van der Waals surface area contributed by atoms with E-state index in [2.05, 4.69) is 15.4 Å². The average Bonchev–Trinajstić information content (AvgIpc) is 2.93. The third-order valence-electron chi connectivity index (χ3n) is 5.56. The van der Waals surface area contributed by atoms with Crippen LogP contribution in [0.4, 0.5) is 5.69 Å². The largest absolute Gasteiger partial charge is 0.496 e. The minimum Gasteiger partial charge on any atom is -0.496 e. The van der Waals surface area contributed by atoms with Gasteiger partial charge in [0, 0.05) is 23.4 Å². The van der Waals surface area contributed by atoms with Crippen molar-refractivity contribution in [1.82, 2.24) is 4.90 Å². The molecule has 0 aliphatic carbocycles. The van der Waals surface area contributed by atoms with Crippen molar-refractivity contribution in [1.29, 1.82) is 0 Å². The summed E-state index contributed by atoms with van der Waals surface area (Å²) in [6, 6.07) is 20.9. The van der Waals surface area contributed by atoms with Crippen molar-refractivity contribution >= 4 is 29.7 Å². The lowest BCUT2D eigenvalue weighted by Gasteiger charge is -2.13. The first kappa shape index (κ1) is 31.3. The van der Waals surface area contributed by atoms with Crippen molar-refractivity contribution in [3.63, 3.8) is 0 Å². The number of oxime groups is 1. The van der Waals surface area contributed by atoms with Crippen LogP contribution >= 0.6 is 0 Å². The number of hydrogen-bond acceptors (Lipinski definition) is 7. The van der Waals surface area contributed by atoms with Crippen LogP contribution in [-0.2, 0) is 16.0 Å². The van der Waals surface area contributed by atoms with Gasteiger partial charge in [-0.1, -0.05) is 41.6 Å². The van der Waals surface area contributed by atoms with Gasteiger partial charge in [-0.05, 0) is 86.1 Å². The molecule has 0 saturated heterocycles. The van der Waals surface area contributed by atoms with Gasteiger partial charge in [-0.25, -0.2) is 9.59 Å². The Balaban J connectivity index is 0.000000611. The van der Waals surface area contributed by atoms with E-state index in [4.69, 9.17) is 20.2 Å². The minimum atomic E-state index is -1.26. The van der Waals surface area contributed by atoms with Crippen LogP contribution in [0.5, 0.6) is 5.75 Å². The summed E-state index contributed by atoms with van der Waals surface area (Å²) in [4.78, 5) is 34.1. The number of carboxylic acids is 2. The summed E-state index contributed by atoms with van der Waals surface area (Å²) in [5, 5.41) is 30.2. The van der Waals surface area contributed by atoms with Crippen molar-refractivity contribution in [3.05, 3.63) is 95.6 Å². The fraction of sp³-hybridized carbons (Fsp3) is 0.200. The van der Waals surface area contributed by atoms with Crippen molar-refractivity contribution in [3.8, 4) is 16.9 Å². The number of amides is 1. The zero-order chi connectivity index (χ0) is 29.5. The molecule has 4 N–H and O–H groups in total. The molecule has 1 amide bonds. The summed E-state index contributed by atoms with van der Waals surface area (Å²) in [6.07, 6.45) is 4.34. The number of hydrogen-bond donors (Lipinski definition) is 4. The van der Waals surface area contributed by atoms with Gasteiger partial charge in [0.1, 0.15) is 5.75 Å². The molecular weight excluding hydrogens is 514 g/mol. The maximum atomic E-state index is 12.8. The summed E-state index contributed by atoms with van der Waals surface area (Å²) in [5.74, 6) is -1.86. The summed E-state index contributed by atoms with van der Waals surface area (Å²) < 4.78 is 5.47. The Bertz CT molecular complexity index is 1320. The van der Waals surface area contributed by atoms with Crippen molar-refractivity contribution in [2.45, 2.75) is 12.8 Å². The van der Waals surface area contributed by atoms with Gasteiger partial charge in [-0.3, -0.25) is 4.79 Å². The molecular formula is C30H33N3O7. The molecule has 0 atom stereocenters. The summed E-state index contributed by atoms with van der Waals surface area (Å²) in [7, 11) is 5.75. The fourth-order valence-electron chi connectivity index (χ4n) is 3.62. The van der Waals surface area contributed by atoms with Crippen LogP contribution in [0.25, 0.3) is 11.1 Å². The van der Waals surface area contributed by atoms with Crippen molar-refractivity contribution < 1.29 is 34.5 Å². The molecule has 10 heteroatoms. The Morgan fingerprint density at radius 1 is 0.900 bits per heavy atom. The number of aryl methyl sites for hydroxylation is 1. The lowest BCUT2D eigenvalue weighted by atomic mass is 10.0. The van der Waals surface area contributed by atoms with E-state index < -0.39 is 11.9 Å². The van der Waals surface area contributed by atoms with Crippen molar-refractivity contribution in [2.75, 3.05) is 33.1 Å². The number of benzene rings is 3. The summed E-state index contributed by atoms with van der Waals surface area (Å²) in [5.41, 5.74) is 5.26. The average molecular weight is 548 g/mol. The molecule has 0 unspecified atom stereocenters. The molecule has 0 fully saturated rings. The standard InChI is InChI=1S/C26H29N3O3.C4H4O4/c1-29(2)16-4-5-22-17-23(12-15-25(22)32-3)26(30)28-24-13-10-21(11-14-24)20-8-6-19(7-9-20)18-27-31;5-3(6)1-2-4(7)8/h6-15,17-18,31H,4-5,16H2,1-3H3,(H,28,30);1-2H,(H,5,6)(H,7,8)/b;2-1-. The highest BCUT2D eigenvalue weighted by Gasteiger charge is 2.11. The number of nitrogens with one attached hydrogen (secondary N) is 1. The van der Waals surface area contributed by atoms with E-state index in [1.165, 1.54) is 6.21 Å². The molecule has 10 nitrogen and oxygen atoms in total. The van der Waals surface area contributed by atoms with Gasteiger partial charge in [-0.2, -0.15) is 0 Å². The molecule has 0 bridgehead atoms. The fourth-order valence-corrected chi connectivity index (χ4v) is 3.62. The Morgan fingerprint density at radius 2 is 1.48 bits per heavy atom. The Labute approximate surface area is 232 Å². The zero-order valence-electron chi connectivity index (χ0n) is 22.6. The van der Waals surface area contributed by atoms with Crippen LogP contribution in [0.3, 0.4) is 0 Å². The molecule has 0 radical (unpaired) electrons. The number of aliphatic carboxylic acids is 2. The number of anilines is 1. The number of nitrogens with zero attached hydrogens (tertiary/aromatic N) is 2. The molecule has 0 spiro atoms. The van der Waals surface area contributed by atoms with Crippen LogP contribution < -0.4 is 10.1 Å². The van der Waals surface area contributed by atoms with E-state index in [1.54, 1.807) is 13.2 Å². The maximum absolute atomic E-state index is 12.8. The van der Waals surface area contributed by atoms with Crippen LogP contribution in [0, 0.1) is 0 Å². The van der Waals surface area contributed by atoms with E-state index in [0.717, 1.165) is 53.1 Å². The molecule has 0 aromatic heterocycles. The van der Waals surface area contributed by atoms with Crippen LogP contribution in [-0.4, -0.2) is 72.1 Å². The van der Waals surface area contributed by atoms with E-state index >= 15 is 0 Å².